The van der Waals surface area contributed by atoms with Gasteiger partial charge >= 0.3 is 4.87 Å². The lowest BCUT2D eigenvalue weighted by atomic mass is 9.69. The third-order valence-electron chi connectivity index (χ3n) is 4.35. The average molecular weight is 269 g/mol. The van der Waals surface area contributed by atoms with Gasteiger partial charge in [-0.3, -0.25) is 4.79 Å². The molecule has 1 fully saturated rings. The van der Waals surface area contributed by atoms with Gasteiger partial charge in [-0.15, -0.1) is 11.8 Å². The molecule has 4 heteroatoms. The first kappa shape index (κ1) is 11.8. The molecule has 1 N–H and O–H groups in total. The first-order valence-corrected chi connectivity index (χ1v) is 8.02. The van der Waals surface area contributed by atoms with E-state index in [1.165, 1.54) is 35.5 Å². The SMILES string of the molecule is C[C@@H]1CC[C@@H]2[C@@H](C1)c1sc(=O)[nH]c1SC2(C)C. The minimum absolute atomic E-state index is 0.122. The van der Waals surface area contributed by atoms with E-state index in [0.717, 1.165) is 16.9 Å². The van der Waals surface area contributed by atoms with E-state index in [9.17, 15) is 4.79 Å². The Kier molecular flexibility index (Phi) is 2.71. The molecule has 0 saturated heterocycles. The second kappa shape index (κ2) is 3.89. The molecule has 2 aliphatic rings. The Hall–Kier alpha value is -0.220. The van der Waals surface area contributed by atoms with Crippen LogP contribution in [0.3, 0.4) is 0 Å². The monoisotopic (exact) mass is 269 g/mol. The summed E-state index contributed by atoms with van der Waals surface area (Å²) in [5, 5.41) is 1.15. The summed E-state index contributed by atoms with van der Waals surface area (Å²) in [6.45, 7) is 7.02. The number of aromatic nitrogens is 1. The Morgan fingerprint density at radius 2 is 2.12 bits per heavy atom. The Labute approximate surface area is 110 Å². The van der Waals surface area contributed by atoms with Crippen LogP contribution in [0.5, 0.6) is 0 Å². The molecule has 3 rings (SSSR count). The van der Waals surface area contributed by atoms with E-state index in [1.54, 1.807) is 0 Å². The lowest BCUT2D eigenvalue weighted by Crippen LogP contribution is -2.39. The maximum Gasteiger partial charge on any atom is 0.305 e. The van der Waals surface area contributed by atoms with E-state index in [1.807, 2.05) is 11.8 Å². The van der Waals surface area contributed by atoms with Gasteiger partial charge in [-0.25, -0.2) is 0 Å². The van der Waals surface area contributed by atoms with Gasteiger partial charge in [-0.1, -0.05) is 38.5 Å². The van der Waals surface area contributed by atoms with E-state index < -0.39 is 0 Å². The Morgan fingerprint density at radius 1 is 1.35 bits per heavy atom. The normalized spacial score (nSPS) is 35.1. The highest BCUT2D eigenvalue weighted by molar-refractivity contribution is 8.00. The first-order chi connectivity index (χ1) is 7.97. The third kappa shape index (κ3) is 1.89. The van der Waals surface area contributed by atoms with Gasteiger partial charge in [0.25, 0.3) is 0 Å². The molecule has 1 aromatic rings. The molecule has 0 bridgehead atoms. The van der Waals surface area contributed by atoms with Crippen LogP contribution in [0.4, 0.5) is 0 Å². The minimum Gasteiger partial charge on any atom is -0.307 e. The van der Waals surface area contributed by atoms with Crippen molar-refractivity contribution in [1.82, 2.24) is 4.98 Å². The molecule has 94 valence electrons. The van der Waals surface area contributed by atoms with E-state index in [2.05, 4.69) is 25.8 Å². The second-order valence-electron chi connectivity index (χ2n) is 6.04. The second-order valence-corrected chi connectivity index (χ2v) is 8.72. The van der Waals surface area contributed by atoms with E-state index in [4.69, 9.17) is 0 Å². The van der Waals surface area contributed by atoms with Crippen molar-refractivity contribution in [3.05, 3.63) is 14.5 Å². The van der Waals surface area contributed by atoms with Crippen LogP contribution in [0.2, 0.25) is 0 Å². The Morgan fingerprint density at radius 3 is 2.88 bits per heavy atom. The molecule has 0 radical (unpaired) electrons. The van der Waals surface area contributed by atoms with Gasteiger partial charge in [0.15, 0.2) is 0 Å². The largest absolute Gasteiger partial charge is 0.307 e. The van der Waals surface area contributed by atoms with Crippen molar-refractivity contribution in [3.8, 4) is 0 Å². The van der Waals surface area contributed by atoms with Gasteiger partial charge in [0.05, 0.1) is 5.03 Å². The Balaban J connectivity index is 2.07. The van der Waals surface area contributed by atoms with Crippen LogP contribution in [0.1, 0.15) is 50.8 Å². The third-order valence-corrected chi connectivity index (χ3v) is 6.85. The summed E-state index contributed by atoms with van der Waals surface area (Å²) >= 11 is 3.32. The van der Waals surface area contributed by atoms with Gasteiger partial charge in [0, 0.05) is 15.5 Å². The number of nitrogens with one attached hydrogen (secondary N) is 1. The highest BCUT2D eigenvalue weighted by Gasteiger charge is 2.46. The quantitative estimate of drug-likeness (QED) is 0.776. The van der Waals surface area contributed by atoms with Gasteiger partial charge in [0.1, 0.15) is 0 Å². The van der Waals surface area contributed by atoms with Crippen molar-refractivity contribution in [2.45, 2.75) is 55.7 Å². The van der Waals surface area contributed by atoms with E-state index in [-0.39, 0.29) is 9.62 Å². The van der Waals surface area contributed by atoms with Crippen molar-refractivity contribution in [1.29, 1.82) is 0 Å². The van der Waals surface area contributed by atoms with Crippen LogP contribution in [0, 0.1) is 11.8 Å². The van der Waals surface area contributed by atoms with Crippen molar-refractivity contribution in [3.63, 3.8) is 0 Å². The van der Waals surface area contributed by atoms with Gasteiger partial charge in [-0.2, -0.15) is 0 Å². The topological polar surface area (TPSA) is 32.9 Å². The summed E-state index contributed by atoms with van der Waals surface area (Å²) < 4.78 is 0.266. The van der Waals surface area contributed by atoms with Crippen LogP contribution in [0.15, 0.2) is 9.82 Å². The molecule has 0 aromatic carbocycles. The molecule has 2 nitrogen and oxygen atoms in total. The predicted octanol–water partition coefficient (Wildman–Crippen LogP) is 3.84. The fourth-order valence-corrected chi connectivity index (χ4v) is 6.07. The highest BCUT2D eigenvalue weighted by Crippen LogP contribution is 2.57. The van der Waals surface area contributed by atoms with Crippen molar-refractivity contribution in [2.24, 2.45) is 11.8 Å². The number of hydrogen-bond acceptors (Lipinski definition) is 3. The summed E-state index contributed by atoms with van der Waals surface area (Å²) in [5.74, 6) is 2.16. The predicted molar refractivity (Wildman–Crippen MR) is 74.1 cm³/mol. The molecule has 0 unspecified atom stereocenters. The number of H-pyrrole nitrogens is 1. The van der Waals surface area contributed by atoms with Crippen LogP contribution >= 0.6 is 23.1 Å². The van der Waals surface area contributed by atoms with Crippen LogP contribution in [-0.4, -0.2) is 9.73 Å². The molecule has 1 aromatic heterocycles. The minimum atomic E-state index is 0.122. The number of fused-ring (bicyclic) bond motifs is 3. The summed E-state index contributed by atoms with van der Waals surface area (Å²) in [7, 11) is 0. The van der Waals surface area contributed by atoms with Gasteiger partial charge < -0.3 is 4.98 Å². The molecule has 0 spiro atoms. The van der Waals surface area contributed by atoms with Crippen LogP contribution in [0.25, 0.3) is 0 Å². The zero-order valence-electron chi connectivity index (χ0n) is 10.6. The first-order valence-electron chi connectivity index (χ1n) is 6.39. The maximum absolute atomic E-state index is 11.6. The van der Waals surface area contributed by atoms with Crippen molar-refractivity contribution >= 4 is 23.1 Å². The molecule has 1 aliphatic heterocycles. The molecule has 1 saturated carbocycles. The molecule has 17 heavy (non-hydrogen) atoms. The highest BCUT2D eigenvalue weighted by atomic mass is 32.2. The number of aromatic amines is 1. The Bertz CT molecular complexity index is 488. The zero-order valence-corrected chi connectivity index (χ0v) is 12.2. The summed E-state index contributed by atoms with van der Waals surface area (Å²) in [5.41, 5.74) is 0. The molecule has 0 amide bonds. The molecular formula is C13H19NOS2. The zero-order chi connectivity index (χ0) is 12.2. The summed E-state index contributed by atoms with van der Waals surface area (Å²) in [6.07, 6.45) is 3.92. The lowest BCUT2D eigenvalue weighted by Gasteiger charge is -2.46. The summed E-state index contributed by atoms with van der Waals surface area (Å²) in [4.78, 5) is 16.1. The molecular weight excluding hydrogens is 250 g/mol. The lowest BCUT2D eigenvalue weighted by molar-refractivity contribution is 0.210. The van der Waals surface area contributed by atoms with Crippen LogP contribution in [-0.2, 0) is 0 Å². The van der Waals surface area contributed by atoms with Gasteiger partial charge in [-0.05, 0) is 24.7 Å². The van der Waals surface area contributed by atoms with E-state index >= 15 is 0 Å². The van der Waals surface area contributed by atoms with Crippen LogP contribution < -0.4 is 4.87 Å². The molecule has 1 aliphatic carbocycles. The molecule has 2 heterocycles. The number of hydrogen-bond donors (Lipinski definition) is 1. The number of rotatable bonds is 0. The molecule has 3 atom stereocenters. The van der Waals surface area contributed by atoms with E-state index in [0.29, 0.717) is 5.92 Å². The summed E-state index contributed by atoms with van der Waals surface area (Å²) in [6, 6.07) is 0. The number of thioether (sulfide) groups is 1. The standard InChI is InChI=1S/C13H19NOS2/c1-7-4-5-9-8(6-7)10-11(14-12(15)16-10)17-13(9,2)3/h7-9H,4-6H2,1-3H3,(H,14,15)/t7-,8-,9-/m1/s1. The maximum atomic E-state index is 11.6. The fraction of sp³-hybridized carbons (Fsp3) is 0.769. The average Bonchev–Trinajstić information content (AvgIpc) is 2.57. The van der Waals surface area contributed by atoms with Crippen molar-refractivity contribution < 1.29 is 0 Å². The van der Waals surface area contributed by atoms with Gasteiger partial charge in [0.2, 0.25) is 0 Å². The fourth-order valence-electron chi connectivity index (χ4n) is 3.49. The van der Waals surface area contributed by atoms with Crippen molar-refractivity contribution in [2.75, 3.05) is 0 Å². The smallest absolute Gasteiger partial charge is 0.305 e. The number of thiazole rings is 1.